The number of hydrogen-bond acceptors (Lipinski definition) is 1. The molecule has 0 heterocycles. The Kier molecular flexibility index (Phi) is 4.06. The van der Waals surface area contributed by atoms with E-state index in [2.05, 4.69) is 4.74 Å². The van der Waals surface area contributed by atoms with Crippen molar-refractivity contribution in [2.45, 2.75) is 40.2 Å². The zero-order chi connectivity index (χ0) is 11.4. The van der Waals surface area contributed by atoms with Crippen LogP contribution < -0.4 is 4.74 Å². The molecule has 0 saturated carbocycles. The second-order valence-electron chi connectivity index (χ2n) is 3.64. The summed E-state index contributed by atoms with van der Waals surface area (Å²) in [6.45, 7) is 2.98. The first-order valence-electron chi connectivity index (χ1n) is 5.10. The lowest BCUT2D eigenvalue weighted by Crippen LogP contribution is -2.07. The highest BCUT2D eigenvalue weighted by molar-refractivity contribution is 5.45. The molecule has 3 heteroatoms. The smallest absolute Gasteiger partial charge is 0.387 e. The summed E-state index contributed by atoms with van der Waals surface area (Å²) in [4.78, 5) is 0. The largest absolute Gasteiger partial charge is 0.434 e. The van der Waals surface area contributed by atoms with Gasteiger partial charge in [0.2, 0.25) is 0 Å². The van der Waals surface area contributed by atoms with Gasteiger partial charge in [-0.2, -0.15) is 8.78 Å². The molecule has 1 aromatic rings. The molecule has 0 N–H and O–H groups in total. The number of benzene rings is 1. The van der Waals surface area contributed by atoms with Crippen molar-refractivity contribution in [3.63, 3.8) is 0 Å². The summed E-state index contributed by atoms with van der Waals surface area (Å²) in [6.07, 6.45) is 1.69. The Bertz CT molecular complexity index is 335. The lowest BCUT2D eigenvalue weighted by atomic mass is 10.00. The highest BCUT2D eigenvalue weighted by atomic mass is 19.3. The normalized spacial score (nSPS) is 10.8. The van der Waals surface area contributed by atoms with Crippen LogP contribution in [0.4, 0.5) is 8.78 Å². The van der Waals surface area contributed by atoms with Gasteiger partial charge in [0.1, 0.15) is 5.75 Å². The Morgan fingerprint density at radius 1 is 1.20 bits per heavy atom. The molecular formula is C12H16F2O. The average molecular weight is 214 g/mol. The molecule has 0 aliphatic rings. The maximum atomic E-state index is 12.2. The van der Waals surface area contributed by atoms with Gasteiger partial charge in [-0.3, -0.25) is 0 Å². The van der Waals surface area contributed by atoms with Gasteiger partial charge in [-0.25, -0.2) is 0 Å². The van der Waals surface area contributed by atoms with Crippen molar-refractivity contribution in [2.75, 3.05) is 0 Å². The van der Waals surface area contributed by atoms with E-state index in [0.29, 0.717) is 5.75 Å². The molecule has 0 fully saturated rings. The Hall–Kier alpha value is -1.12. The molecule has 1 aromatic carbocycles. The lowest BCUT2D eigenvalue weighted by molar-refractivity contribution is -0.0509. The minimum absolute atomic E-state index is 0.354. The molecule has 0 aromatic heterocycles. The van der Waals surface area contributed by atoms with Crippen molar-refractivity contribution in [3.8, 4) is 5.75 Å². The van der Waals surface area contributed by atoms with Crippen molar-refractivity contribution in [3.05, 3.63) is 28.8 Å². The maximum Gasteiger partial charge on any atom is 0.387 e. The topological polar surface area (TPSA) is 9.23 Å². The Morgan fingerprint density at radius 2 is 1.80 bits per heavy atom. The Balaban J connectivity index is 3.12. The fourth-order valence-corrected chi connectivity index (χ4v) is 1.66. The molecule has 0 bridgehead atoms. The second-order valence-corrected chi connectivity index (χ2v) is 3.64. The number of halogens is 2. The van der Waals surface area contributed by atoms with E-state index in [-0.39, 0.29) is 0 Å². The van der Waals surface area contributed by atoms with Crippen molar-refractivity contribution < 1.29 is 13.5 Å². The van der Waals surface area contributed by atoms with Crippen LogP contribution in [0.3, 0.4) is 0 Å². The molecule has 0 amide bonds. The molecule has 0 atom stereocenters. The van der Waals surface area contributed by atoms with E-state index in [4.69, 9.17) is 0 Å². The molecule has 0 aliphatic heterocycles. The summed E-state index contributed by atoms with van der Waals surface area (Å²) in [7, 11) is 0. The molecule has 0 saturated heterocycles. The summed E-state index contributed by atoms with van der Waals surface area (Å²) in [5, 5.41) is 0. The first-order chi connectivity index (χ1) is 7.06. The number of hydrogen-bond donors (Lipinski definition) is 0. The lowest BCUT2D eigenvalue weighted by Gasteiger charge is -2.15. The molecule has 15 heavy (non-hydrogen) atoms. The van der Waals surface area contributed by atoms with Gasteiger partial charge >= 0.3 is 6.61 Å². The van der Waals surface area contributed by atoms with Crippen LogP contribution in [0.25, 0.3) is 0 Å². The summed E-state index contributed by atoms with van der Waals surface area (Å²) in [5.74, 6) is 0.354. The van der Waals surface area contributed by atoms with Gasteiger partial charge in [-0.05, 0) is 37.0 Å². The number of ether oxygens (including phenoxy) is 1. The summed E-state index contributed by atoms with van der Waals surface area (Å²) < 4.78 is 29.0. The average Bonchev–Trinajstić information content (AvgIpc) is 2.17. The third-order valence-corrected chi connectivity index (χ3v) is 2.40. The Morgan fingerprint density at radius 3 is 2.33 bits per heavy atom. The first-order valence-corrected chi connectivity index (χ1v) is 5.10. The van der Waals surface area contributed by atoms with Gasteiger partial charge in [-0.1, -0.05) is 25.5 Å². The maximum absolute atomic E-state index is 12.2. The standard InChI is InChI=1S/C12H16F2O/c1-4-5-10-8(2)6-7-9(3)11(10)15-12(13)14/h6-7,12H,4-5H2,1-3H3. The van der Waals surface area contributed by atoms with Crippen LogP contribution >= 0.6 is 0 Å². The minimum Gasteiger partial charge on any atom is -0.434 e. The van der Waals surface area contributed by atoms with Crippen LogP contribution in [0.5, 0.6) is 5.75 Å². The summed E-state index contributed by atoms with van der Waals surface area (Å²) in [5.41, 5.74) is 2.68. The predicted molar refractivity (Wildman–Crippen MR) is 56.5 cm³/mol. The van der Waals surface area contributed by atoms with E-state index in [1.54, 1.807) is 6.92 Å². The van der Waals surface area contributed by atoms with Crippen molar-refractivity contribution in [1.82, 2.24) is 0 Å². The quantitative estimate of drug-likeness (QED) is 0.739. The predicted octanol–water partition coefficient (Wildman–Crippen LogP) is 3.86. The molecule has 1 nitrogen and oxygen atoms in total. The summed E-state index contributed by atoms with van der Waals surface area (Å²) >= 11 is 0. The SMILES string of the molecule is CCCc1c(C)ccc(C)c1OC(F)F. The van der Waals surface area contributed by atoms with Crippen molar-refractivity contribution >= 4 is 0 Å². The highest BCUT2D eigenvalue weighted by Gasteiger charge is 2.13. The number of aryl methyl sites for hydroxylation is 2. The van der Waals surface area contributed by atoms with E-state index in [0.717, 1.165) is 29.5 Å². The fourth-order valence-electron chi connectivity index (χ4n) is 1.66. The van der Waals surface area contributed by atoms with E-state index in [1.165, 1.54) is 0 Å². The Labute approximate surface area is 89.1 Å². The molecule has 0 spiro atoms. The molecule has 0 radical (unpaired) electrons. The summed E-state index contributed by atoms with van der Waals surface area (Å²) in [6, 6.07) is 3.75. The van der Waals surface area contributed by atoms with Gasteiger partial charge in [-0.15, -0.1) is 0 Å². The third-order valence-electron chi connectivity index (χ3n) is 2.40. The van der Waals surface area contributed by atoms with Crippen molar-refractivity contribution in [2.24, 2.45) is 0 Å². The van der Waals surface area contributed by atoms with E-state index in [9.17, 15) is 8.78 Å². The van der Waals surface area contributed by atoms with Gasteiger partial charge in [0.05, 0.1) is 0 Å². The van der Waals surface area contributed by atoms with Gasteiger partial charge < -0.3 is 4.74 Å². The van der Waals surface area contributed by atoms with Crippen molar-refractivity contribution in [1.29, 1.82) is 0 Å². The van der Waals surface area contributed by atoms with E-state index in [1.807, 2.05) is 26.0 Å². The third kappa shape index (κ3) is 2.91. The second kappa shape index (κ2) is 5.10. The molecule has 84 valence electrons. The van der Waals surface area contributed by atoms with Gasteiger partial charge in [0.15, 0.2) is 0 Å². The van der Waals surface area contributed by atoms with Crippen LogP contribution in [0.1, 0.15) is 30.0 Å². The van der Waals surface area contributed by atoms with Crippen LogP contribution in [-0.4, -0.2) is 6.61 Å². The van der Waals surface area contributed by atoms with Crippen LogP contribution in [-0.2, 0) is 6.42 Å². The van der Waals surface area contributed by atoms with Crippen LogP contribution in [0.15, 0.2) is 12.1 Å². The highest BCUT2D eigenvalue weighted by Crippen LogP contribution is 2.29. The van der Waals surface area contributed by atoms with E-state index < -0.39 is 6.61 Å². The van der Waals surface area contributed by atoms with E-state index >= 15 is 0 Å². The minimum atomic E-state index is -2.75. The molecule has 1 rings (SSSR count). The zero-order valence-electron chi connectivity index (χ0n) is 9.31. The van der Waals surface area contributed by atoms with Crippen LogP contribution in [0.2, 0.25) is 0 Å². The van der Waals surface area contributed by atoms with Gasteiger partial charge in [0.25, 0.3) is 0 Å². The zero-order valence-corrected chi connectivity index (χ0v) is 9.31. The molecule has 0 aliphatic carbocycles. The first kappa shape index (κ1) is 12.0. The van der Waals surface area contributed by atoms with Crippen LogP contribution in [0, 0.1) is 13.8 Å². The monoisotopic (exact) mass is 214 g/mol. The number of rotatable bonds is 4. The number of alkyl halides is 2. The fraction of sp³-hybridized carbons (Fsp3) is 0.500. The molecular weight excluding hydrogens is 198 g/mol. The van der Waals surface area contributed by atoms with Gasteiger partial charge in [0, 0.05) is 0 Å². The molecule has 0 unspecified atom stereocenters.